The molecular weight excluding hydrogens is 204 g/mol. The highest BCUT2D eigenvalue weighted by atomic mass is 16.5. The van der Waals surface area contributed by atoms with E-state index in [9.17, 15) is 0 Å². The van der Waals surface area contributed by atoms with Crippen LogP contribution >= 0.6 is 0 Å². The highest BCUT2D eigenvalue weighted by molar-refractivity contribution is 5.49. The SMILES string of the molecule is CCC(CCO)CNc1ncccc1OC. The Bertz CT molecular complexity index is 305. The summed E-state index contributed by atoms with van der Waals surface area (Å²) in [6.07, 6.45) is 3.60. The van der Waals surface area contributed by atoms with Crippen molar-refractivity contribution < 1.29 is 9.84 Å². The molecule has 0 saturated heterocycles. The van der Waals surface area contributed by atoms with Crippen LogP contribution in [0.15, 0.2) is 18.3 Å². The molecule has 1 aromatic rings. The van der Waals surface area contributed by atoms with Gasteiger partial charge in [-0.25, -0.2) is 4.98 Å². The van der Waals surface area contributed by atoms with Crippen LogP contribution in [0.4, 0.5) is 5.82 Å². The third kappa shape index (κ3) is 3.70. The summed E-state index contributed by atoms with van der Waals surface area (Å²) in [4.78, 5) is 4.22. The number of rotatable bonds is 7. The fraction of sp³-hybridized carbons (Fsp3) is 0.583. The van der Waals surface area contributed by atoms with E-state index in [1.165, 1.54) is 0 Å². The monoisotopic (exact) mass is 224 g/mol. The molecule has 16 heavy (non-hydrogen) atoms. The van der Waals surface area contributed by atoms with Crippen molar-refractivity contribution in [2.24, 2.45) is 5.92 Å². The van der Waals surface area contributed by atoms with Gasteiger partial charge in [0.1, 0.15) is 0 Å². The largest absolute Gasteiger partial charge is 0.493 e. The Labute approximate surface area is 96.7 Å². The van der Waals surface area contributed by atoms with Gasteiger partial charge in [0.2, 0.25) is 0 Å². The van der Waals surface area contributed by atoms with E-state index < -0.39 is 0 Å². The summed E-state index contributed by atoms with van der Waals surface area (Å²) >= 11 is 0. The van der Waals surface area contributed by atoms with E-state index in [1.807, 2.05) is 12.1 Å². The molecule has 0 saturated carbocycles. The number of aliphatic hydroxyl groups is 1. The number of hydrogen-bond donors (Lipinski definition) is 2. The van der Waals surface area contributed by atoms with Crippen LogP contribution in [0, 0.1) is 5.92 Å². The van der Waals surface area contributed by atoms with Gasteiger partial charge in [0, 0.05) is 19.3 Å². The predicted molar refractivity (Wildman–Crippen MR) is 64.8 cm³/mol. The maximum absolute atomic E-state index is 8.90. The normalized spacial score (nSPS) is 12.2. The van der Waals surface area contributed by atoms with Crippen LogP contribution in [0.5, 0.6) is 5.75 Å². The molecule has 0 bridgehead atoms. The molecule has 1 heterocycles. The molecule has 1 aromatic heterocycles. The van der Waals surface area contributed by atoms with Gasteiger partial charge in [-0.05, 0) is 24.5 Å². The number of pyridine rings is 1. The van der Waals surface area contributed by atoms with Gasteiger partial charge < -0.3 is 15.2 Å². The maximum atomic E-state index is 8.90. The second-order valence-corrected chi connectivity index (χ2v) is 3.72. The van der Waals surface area contributed by atoms with Gasteiger partial charge in [0.05, 0.1) is 7.11 Å². The Hall–Kier alpha value is -1.29. The summed E-state index contributed by atoms with van der Waals surface area (Å²) in [5.41, 5.74) is 0. The molecule has 0 aliphatic carbocycles. The number of nitrogens with one attached hydrogen (secondary N) is 1. The quantitative estimate of drug-likeness (QED) is 0.743. The lowest BCUT2D eigenvalue weighted by Crippen LogP contribution is -2.16. The Morgan fingerprint density at radius 3 is 3.00 bits per heavy atom. The Morgan fingerprint density at radius 1 is 1.56 bits per heavy atom. The molecule has 4 nitrogen and oxygen atoms in total. The van der Waals surface area contributed by atoms with Crippen molar-refractivity contribution in [1.29, 1.82) is 0 Å². The summed E-state index contributed by atoms with van der Waals surface area (Å²) in [6.45, 7) is 3.17. The summed E-state index contributed by atoms with van der Waals surface area (Å²) in [5, 5.41) is 12.2. The average Bonchev–Trinajstić information content (AvgIpc) is 2.34. The van der Waals surface area contributed by atoms with E-state index >= 15 is 0 Å². The van der Waals surface area contributed by atoms with E-state index in [1.54, 1.807) is 13.3 Å². The lowest BCUT2D eigenvalue weighted by atomic mass is 10.0. The summed E-state index contributed by atoms with van der Waals surface area (Å²) in [7, 11) is 1.63. The molecule has 0 aliphatic rings. The van der Waals surface area contributed by atoms with Crippen molar-refractivity contribution in [3.05, 3.63) is 18.3 Å². The van der Waals surface area contributed by atoms with Gasteiger partial charge in [-0.2, -0.15) is 0 Å². The van der Waals surface area contributed by atoms with Gasteiger partial charge in [-0.15, -0.1) is 0 Å². The van der Waals surface area contributed by atoms with Gasteiger partial charge in [0.15, 0.2) is 11.6 Å². The number of ether oxygens (including phenoxy) is 1. The zero-order valence-electron chi connectivity index (χ0n) is 9.94. The standard InChI is InChI=1S/C12H20N2O2/c1-3-10(6-8-15)9-14-12-11(16-2)5-4-7-13-12/h4-5,7,10,15H,3,6,8-9H2,1-2H3,(H,13,14). The molecular formula is C12H20N2O2. The highest BCUT2D eigenvalue weighted by Crippen LogP contribution is 2.20. The third-order valence-electron chi connectivity index (χ3n) is 2.66. The topological polar surface area (TPSA) is 54.4 Å². The fourth-order valence-corrected chi connectivity index (χ4v) is 1.56. The number of aliphatic hydroxyl groups excluding tert-OH is 1. The molecule has 0 aromatic carbocycles. The second kappa shape index (κ2) is 7.06. The first kappa shape index (κ1) is 12.8. The Kier molecular flexibility index (Phi) is 5.64. The van der Waals surface area contributed by atoms with E-state index in [2.05, 4.69) is 17.2 Å². The van der Waals surface area contributed by atoms with E-state index in [-0.39, 0.29) is 6.61 Å². The van der Waals surface area contributed by atoms with Crippen molar-refractivity contribution >= 4 is 5.82 Å². The summed E-state index contributed by atoms with van der Waals surface area (Å²) in [6, 6.07) is 3.72. The predicted octanol–water partition coefficient (Wildman–Crippen LogP) is 1.91. The van der Waals surface area contributed by atoms with Gasteiger partial charge in [-0.3, -0.25) is 0 Å². The maximum Gasteiger partial charge on any atom is 0.168 e. The Balaban J connectivity index is 2.52. The highest BCUT2D eigenvalue weighted by Gasteiger charge is 2.08. The molecule has 90 valence electrons. The molecule has 0 amide bonds. The van der Waals surface area contributed by atoms with E-state index in [4.69, 9.17) is 9.84 Å². The first-order chi connectivity index (χ1) is 7.81. The van der Waals surface area contributed by atoms with Crippen LogP contribution in [0.25, 0.3) is 0 Å². The molecule has 1 unspecified atom stereocenters. The van der Waals surface area contributed by atoms with Crippen molar-refractivity contribution in [1.82, 2.24) is 4.98 Å². The van der Waals surface area contributed by atoms with Crippen LogP contribution in [-0.2, 0) is 0 Å². The lowest BCUT2D eigenvalue weighted by molar-refractivity contribution is 0.258. The molecule has 2 N–H and O–H groups in total. The average molecular weight is 224 g/mol. The van der Waals surface area contributed by atoms with Crippen molar-refractivity contribution in [3.8, 4) is 5.75 Å². The minimum absolute atomic E-state index is 0.236. The van der Waals surface area contributed by atoms with Gasteiger partial charge in [0.25, 0.3) is 0 Å². The van der Waals surface area contributed by atoms with Crippen LogP contribution in [0.2, 0.25) is 0 Å². The molecule has 0 aliphatic heterocycles. The molecule has 0 fully saturated rings. The van der Waals surface area contributed by atoms with Crippen LogP contribution in [0.1, 0.15) is 19.8 Å². The zero-order valence-corrected chi connectivity index (χ0v) is 9.94. The van der Waals surface area contributed by atoms with Crippen LogP contribution in [-0.4, -0.2) is 30.4 Å². The smallest absolute Gasteiger partial charge is 0.168 e. The minimum Gasteiger partial charge on any atom is -0.493 e. The molecule has 1 atom stereocenters. The number of methoxy groups -OCH3 is 1. The van der Waals surface area contributed by atoms with E-state index in [0.717, 1.165) is 31.0 Å². The van der Waals surface area contributed by atoms with Crippen molar-refractivity contribution in [3.63, 3.8) is 0 Å². The van der Waals surface area contributed by atoms with Crippen molar-refractivity contribution in [2.45, 2.75) is 19.8 Å². The summed E-state index contributed by atoms with van der Waals surface area (Å²) in [5.74, 6) is 1.99. The minimum atomic E-state index is 0.236. The number of aromatic nitrogens is 1. The van der Waals surface area contributed by atoms with Crippen LogP contribution in [0.3, 0.4) is 0 Å². The molecule has 0 radical (unpaired) electrons. The molecule has 0 spiro atoms. The number of hydrogen-bond acceptors (Lipinski definition) is 4. The zero-order chi connectivity index (χ0) is 11.8. The fourth-order valence-electron chi connectivity index (χ4n) is 1.56. The third-order valence-corrected chi connectivity index (χ3v) is 2.66. The molecule has 1 rings (SSSR count). The second-order valence-electron chi connectivity index (χ2n) is 3.72. The first-order valence-corrected chi connectivity index (χ1v) is 5.65. The van der Waals surface area contributed by atoms with Crippen molar-refractivity contribution in [2.75, 3.05) is 25.6 Å². The summed E-state index contributed by atoms with van der Waals surface area (Å²) < 4.78 is 5.20. The first-order valence-electron chi connectivity index (χ1n) is 5.65. The van der Waals surface area contributed by atoms with Gasteiger partial charge in [-0.1, -0.05) is 13.3 Å². The lowest BCUT2D eigenvalue weighted by Gasteiger charge is -2.15. The molecule has 4 heteroatoms. The van der Waals surface area contributed by atoms with E-state index in [0.29, 0.717) is 5.92 Å². The number of anilines is 1. The number of nitrogens with zero attached hydrogens (tertiary/aromatic N) is 1. The van der Waals surface area contributed by atoms with Gasteiger partial charge >= 0.3 is 0 Å². The Morgan fingerprint density at radius 2 is 2.38 bits per heavy atom. The van der Waals surface area contributed by atoms with Crippen LogP contribution < -0.4 is 10.1 Å².